The SMILES string of the molecule is CCn1ncnc1CC(N)c1c(OC)cccc1OC. The summed E-state index contributed by atoms with van der Waals surface area (Å²) in [6, 6.07) is 5.36. The molecule has 1 aromatic heterocycles. The highest BCUT2D eigenvalue weighted by molar-refractivity contribution is 5.47. The van der Waals surface area contributed by atoms with E-state index in [0.29, 0.717) is 6.42 Å². The van der Waals surface area contributed by atoms with Crippen LogP contribution in [-0.2, 0) is 13.0 Å². The molecule has 0 aliphatic heterocycles. The van der Waals surface area contributed by atoms with Gasteiger partial charge in [-0.3, -0.25) is 4.68 Å². The summed E-state index contributed by atoms with van der Waals surface area (Å²) in [5.74, 6) is 2.30. The zero-order valence-corrected chi connectivity index (χ0v) is 12.0. The van der Waals surface area contributed by atoms with Crippen molar-refractivity contribution in [3.05, 3.63) is 35.9 Å². The third-order valence-corrected chi connectivity index (χ3v) is 3.23. The van der Waals surface area contributed by atoms with Crippen molar-refractivity contribution in [1.82, 2.24) is 14.8 Å². The summed E-state index contributed by atoms with van der Waals surface area (Å²) in [6.07, 6.45) is 2.12. The van der Waals surface area contributed by atoms with Gasteiger partial charge in [-0.1, -0.05) is 6.07 Å². The van der Waals surface area contributed by atoms with Crippen molar-refractivity contribution in [3.8, 4) is 11.5 Å². The molecule has 2 rings (SSSR count). The van der Waals surface area contributed by atoms with Crippen LogP contribution in [0.5, 0.6) is 11.5 Å². The smallest absolute Gasteiger partial charge is 0.138 e. The molecule has 0 spiro atoms. The highest BCUT2D eigenvalue weighted by atomic mass is 16.5. The average molecular weight is 276 g/mol. The van der Waals surface area contributed by atoms with Gasteiger partial charge in [0.05, 0.1) is 19.8 Å². The number of aromatic nitrogens is 3. The van der Waals surface area contributed by atoms with E-state index in [2.05, 4.69) is 10.1 Å². The van der Waals surface area contributed by atoms with E-state index < -0.39 is 0 Å². The van der Waals surface area contributed by atoms with Gasteiger partial charge in [0.1, 0.15) is 23.7 Å². The monoisotopic (exact) mass is 276 g/mol. The Hall–Kier alpha value is -2.08. The maximum atomic E-state index is 6.32. The molecule has 6 heteroatoms. The van der Waals surface area contributed by atoms with E-state index in [-0.39, 0.29) is 6.04 Å². The lowest BCUT2D eigenvalue weighted by Crippen LogP contribution is -2.18. The van der Waals surface area contributed by atoms with Gasteiger partial charge in [0.2, 0.25) is 0 Å². The van der Waals surface area contributed by atoms with Crippen molar-refractivity contribution in [2.45, 2.75) is 25.9 Å². The van der Waals surface area contributed by atoms with Crippen LogP contribution in [0.3, 0.4) is 0 Å². The molecule has 1 aromatic carbocycles. The van der Waals surface area contributed by atoms with Gasteiger partial charge in [0.25, 0.3) is 0 Å². The van der Waals surface area contributed by atoms with E-state index in [4.69, 9.17) is 15.2 Å². The molecule has 0 saturated carbocycles. The van der Waals surface area contributed by atoms with Gasteiger partial charge in [-0.25, -0.2) is 4.98 Å². The largest absolute Gasteiger partial charge is 0.496 e. The molecule has 0 saturated heterocycles. The maximum Gasteiger partial charge on any atom is 0.138 e. The Labute approximate surface area is 118 Å². The van der Waals surface area contributed by atoms with Crippen LogP contribution in [0, 0.1) is 0 Å². The van der Waals surface area contributed by atoms with Crippen molar-refractivity contribution in [1.29, 1.82) is 0 Å². The highest BCUT2D eigenvalue weighted by Crippen LogP contribution is 2.34. The Morgan fingerprint density at radius 3 is 2.45 bits per heavy atom. The Balaban J connectivity index is 2.31. The minimum Gasteiger partial charge on any atom is -0.496 e. The number of rotatable bonds is 6. The van der Waals surface area contributed by atoms with Gasteiger partial charge in [0, 0.05) is 19.0 Å². The lowest BCUT2D eigenvalue weighted by atomic mass is 10.0. The first kappa shape index (κ1) is 14.3. The number of hydrogen-bond donors (Lipinski definition) is 1. The molecule has 0 fully saturated rings. The molecular weight excluding hydrogens is 256 g/mol. The molecule has 0 bridgehead atoms. The fraction of sp³-hybridized carbons (Fsp3) is 0.429. The summed E-state index contributed by atoms with van der Waals surface area (Å²) < 4.78 is 12.6. The third-order valence-electron chi connectivity index (χ3n) is 3.23. The van der Waals surface area contributed by atoms with E-state index in [0.717, 1.165) is 29.4 Å². The molecule has 20 heavy (non-hydrogen) atoms. The summed E-state index contributed by atoms with van der Waals surface area (Å²) >= 11 is 0. The van der Waals surface area contributed by atoms with Crippen LogP contribution in [0.25, 0.3) is 0 Å². The summed E-state index contributed by atoms with van der Waals surface area (Å²) in [6.45, 7) is 2.79. The topological polar surface area (TPSA) is 75.2 Å². The van der Waals surface area contributed by atoms with Gasteiger partial charge >= 0.3 is 0 Å². The van der Waals surface area contributed by atoms with E-state index in [9.17, 15) is 0 Å². The molecule has 6 nitrogen and oxygen atoms in total. The predicted octanol–water partition coefficient (Wildman–Crippen LogP) is 1.56. The van der Waals surface area contributed by atoms with Gasteiger partial charge in [0.15, 0.2) is 0 Å². The van der Waals surface area contributed by atoms with Gasteiger partial charge in [-0.2, -0.15) is 5.10 Å². The van der Waals surface area contributed by atoms with Crippen molar-refractivity contribution in [3.63, 3.8) is 0 Å². The molecule has 0 aliphatic carbocycles. The fourth-order valence-corrected chi connectivity index (χ4v) is 2.25. The lowest BCUT2D eigenvalue weighted by molar-refractivity contribution is 0.377. The first-order valence-corrected chi connectivity index (χ1v) is 6.54. The first-order valence-electron chi connectivity index (χ1n) is 6.54. The fourth-order valence-electron chi connectivity index (χ4n) is 2.25. The van der Waals surface area contributed by atoms with Crippen LogP contribution in [0.4, 0.5) is 0 Å². The molecule has 108 valence electrons. The minimum absolute atomic E-state index is 0.268. The Kier molecular flexibility index (Phi) is 4.57. The van der Waals surface area contributed by atoms with E-state index in [1.807, 2.05) is 29.8 Å². The second kappa shape index (κ2) is 6.38. The van der Waals surface area contributed by atoms with Gasteiger partial charge in [-0.05, 0) is 19.1 Å². The number of methoxy groups -OCH3 is 2. The summed E-state index contributed by atoms with van der Waals surface area (Å²) in [7, 11) is 3.25. The molecule has 1 atom stereocenters. The van der Waals surface area contributed by atoms with Crippen molar-refractivity contribution < 1.29 is 9.47 Å². The predicted molar refractivity (Wildman–Crippen MR) is 75.9 cm³/mol. The number of aryl methyl sites for hydroxylation is 1. The van der Waals surface area contributed by atoms with Crippen molar-refractivity contribution in [2.75, 3.05) is 14.2 Å². The summed E-state index contributed by atoms with van der Waals surface area (Å²) in [4.78, 5) is 4.25. The van der Waals surface area contributed by atoms with Crippen LogP contribution in [-0.4, -0.2) is 29.0 Å². The number of nitrogens with two attached hydrogens (primary N) is 1. The number of benzene rings is 1. The Morgan fingerprint density at radius 2 is 1.90 bits per heavy atom. The standard InChI is InChI=1S/C14H20N4O2/c1-4-18-13(16-9-17-18)8-10(15)14-11(19-2)6-5-7-12(14)20-3/h5-7,9-10H,4,8,15H2,1-3H3. The minimum atomic E-state index is -0.268. The second-order valence-corrected chi connectivity index (χ2v) is 4.38. The lowest BCUT2D eigenvalue weighted by Gasteiger charge is -2.18. The summed E-state index contributed by atoms with van der Waals surface area (Å²) in [5.41, 5.74) is 7.17. The van der Waals surface area contributed by atoms with Crippen LogP contribution in [0.1, 0.15) is 24.4 Å². The molecule has 1 heterocycles. The Morgan fingerprint density at radius 1 is 1.25 bits per heavy atom. The molecule has 0 aliphatic rings. The molecular formula is C14H20N4O2. The number of nitrogens with zero attached hydrogens (tertiary/aromatic N) is 3. The van der Waals surface area contributed by atoms with Gasteiger partial charge < -0.3 is 15.2 Å². The second-order valence-electron chi connectivity index (χ2n) is 4.38. The van der Waals surface area contributed by atoms with Crippen LogP contribution < -0.4 is 15.2 Å². The highest BCUT2D eigenvalue weighted by Gasteiger charge is 2.19. The van der Waals surface area contributed by atoms with Crippen molar-refractivity contribution >= 4 is 0 Å². The van der Waals surface area contributed by atoms with Gasteiger partial charge in [-0.15, -0.1) is 0 Å². The van der Waals surface area contributed by atoms with E-state index >= 15 is 0 Å². The summed E-state index contributed by atoms with van der Waals surface area (Å²) in [5, 5.41) is 4.15. The molecule has 2 N–H and O–H groups in total. The van der Waals surface area contributed by atoms with Crippen LogP contribution >= 0.6 is 0 Å². The number of hydrogen-bond acceptors (Lipinski definition) is 5. The molecule has 0 amide bonds. The van der Waals surface area contributed by atoms with Crippen molar-refractivity contribution in [2.24, 2.45) is 5.73 Å². The third kappa shape index (κ3) is 2.75. The molecule has 0 radical (unpaired) electrons. The normalized spacial score (nSPS) is 12.2. The molecule has 2 aromatic rings. The Bertz CT molecular complexity index is 546. The van der Waals surface area contributed by atoms with E-state index in [1.54, 1.807) is 20.5 Å². The first-order chi connectivity index (χ1) is 9.71. The van der Waals surface area contributed by atoms with E-state index in [1.165, 1.54) is 0 Å². The van der Waals surface area contributed by atoms with Crippen LogP contribution in [0.2, 0.25) is 0 Å². The molecule has 1 unspecified atom stereocenters. The number of ether oxygens (including phenoxy) is 2. The quantitative estimate of drug-likeness (QED) is 0.866. The maximum absolute atomic E-state index is 6.32. The zero-order chi connectivity index (χ0) is 14.5. The average Bonchev–Trinajstić information content (AvgIpc) is 2.93. The van der Waals surface area contributed by atoms with Crippen LogP contribution in [0.15, 0.2) is 24.5 Å². The zero-order valence-electron chi connectivity index (χ0n) is 12.0.